The molecule has 2 fully saturated rings. The first-order valence-corrected chi connectivity index (χ1v) is 6.61. The van der Waals surface area contributed by atoms with E-state index < -0.39 is 0 Å². The molecule has 2 aliphatic rings. The second-order valence-corrected chi connectivity index (χ2v) is 5.23. The van der Waals surface area contributed by atoms with Gasteiger partial charge in [-0.2, -0.15) is 0 Å². The first kappa shape index (κ1) is 11.4. The van der Waals surface area contributed by atoms with Gasteiger partial charge in [-0.25, -0.2) is 4.79 Å². The molecule has 1 aromatic heterocycles. The van der Waals surface area contributed by atoms with Crippen LogP contribution in [-0.2, 0) is 6.54 Å². The first-order valence-electron chi connectivity index (χ1n) is 6.61. The summed E-state index contributed by atoms with van der Waals surface area (Å²) < 4.78 is 0. The van der Waals surface area contributed by atoms with E-state index in [4.69, 9.17) is 0 Å². The lowest BCUT2D eigenvalue weighted by molar-refractivity contribution is 0.112. The second kappa shape index (κ2) is 4.55. The number of amides is 2. The molecule has 96 valence electrons. The maximum absolute atomic E-state index is 12.0. The Labute approximate surface area is 107 Å². The molecule has 0 atom stereocenters. The molecule has 18 heavy (non-hydrogen) atoms. The highest BCUT2D eigenvalue weighted by atomic mass is 16.2. The van der Waals surface area contributed by atoms with Crippen molar-refractivity contribution in [1.82, 2.24) is 20.2 Å². The van der Waals surface area contributed by atoms with Crippen molar-refractivity contribution in [1.29, 1.82) is 0 Å². The molecule has 2 amide bonds. The average Bonchev–Trinajstić information content (AvgIpc) is 2.71. The predicted molar refractivity (Wildman–Crippen MR) is 66.8 cm³/mol. The van der Waals surface area contributed by atoms with E-state index in [1.807, 2.05) is 4.90 Å². The van der Waals surface area contributed by atoms with Crippen molar-refractivity contribution >= 4 is 6.03 Å². The van der Waals surface area contributed by atoms with E-state index in [1.54, 1.807) is 18.6 Å². The maximum atomic E-state index is 12.0. The van der Waals surface area contributed by atoms with Crippen LogP contribution in [0.2, 0.25) is 0 Å². The van der Waals surface area contributed by atoms with Crippen LogP contribution in [0.5, 0.6) is 0 Å². The van der Waals surface area contributed by atoms with Crippen molar-refractivity contribution in [3.63, 3.8) is 0 Å². The van der Waals surface area contributed by atoms with Crippen molar-refractivity contribution < 1.29 is 4.79 Å². The molecule has 0 bridgehead atoms. The van der Waals surface area contributed by atoms with Crippen LogP contribution in [0.15, 0.2) is 18.6 Å². The Kier molecular flexibility index (Phi) is 2.89. The lowest BCUT2D eigenvalue weighted by Gasteiger charge is -2.39. The molecule has 0 aromatic carbocycles. The summed E-state index contributed by atoms with van der Waals surface area (Å²) in [5.74, 6) is 0. The molecule has 1 saturated heterocycles. The van der Waals surface area contributed by atoms with Crippen molar-refractivity contribution in [2.45, 2.75) is 44.2 Å². The Morgan fingerprint density at radius 1 is 1.28 bits per heavy atom. The standard InChI is InChI=1S/C13H18N4O/c18-12-16-10-13(4-2-1-3-5-13)17(12)9-11-8-14-6-7-15-11/h6-8H,1-5,9-10H2,(H,16,18). The van der Waals surface area contributed by atoms with Gasteiger partial charge in [0, 0.05) is 18.9 Å². The Morgan fingerprint density at radius 2 is 2.11 bits per heavy atom. The van der Waals surface area contributed by atoms with E-state index in [2.05, 4.69) is 15.3 Å². The summed E-state index contributed by atoms with van der Waals surface area (Å²) >= 11 is 0. The lowest BCUT2D eigenvalue weighted by Crippen LogP contribution is -2.48. The summed E-state index contributed by atoms with van der Waals surface area (Å²) in [5.41, 5.74) is 0.881. The summed E-state index contributed by atoms with van der Waals surface area (Å²) in [7, 11) is 0. The number of nitrogens with zero attached hydrogens (tertiary/aromatic N) is 3. The third kappa shape index (κ3) is 1.94. The van der Waals surface area contributed by atoms with E-state index in [0.29, 0.717) is 6.54 Å². The SMILES string of the molecule is O=C1NCC2(CCCCC2)N1Cc1cnccn1. The Hall–Kier alpha value is -1.65. The predicted octanol–water partition coefficient (Wildman–Crippen LogP) is 1.70. The number of carbonyl (C=O) groups is 1. The number of hydrogen-bond acceptors (Lipinski definition) is 3. The molecule has 5 nitrogen and oxygen atoms in total. The molecule has 0 unspecified atom stereocenters. The fraction of sp³-hybridized carbons (Fsp3) is 0.615. The van der Waals surface area contributed by atoms with Gasteiger partial charge in [0.15, 0.2) is 0 Å². The van der Waals surface area contributed by atoms with Gasteiger partial charge in [-0.15, -0.1) is 0 Å². The van der Waals surface area contributed by atoms with Gasteiger partial charge in [-0.1, -0.05) is 19.3 Å². The molecule has 1 aliphatic carbocycles. The summed E-state index contributed by atoms with van der Waals surface area (Å²) in [6.07, 6.45) is 11.0. The van der Waals surface area contributed by atoms with Crippen LogP contribution in [0.3, 0.4) is 0 Å². The van der Waals surface area contributed by atoms with Crippen molar-refractivity contribution in [2.75, 3.05) is 6.54 Å². The van der Waals surface area contributed by atoms with Crippen molar-refractivity contribution in [3.8, 4) is 0 Å². The van der Waals surface area contributed by atoms with E-state index in [1.165, 1.54) is 19.3 Å². The van der Waals surface area contributed by atoms with Gasteiger partial charge < -0.3 is 10.2 Å². The largest absolute Gasteiger partial charge is 0.336 e. The van der Waals surface area contributed by atoms with Gasteiger partial charge in [-0.05, 0) is 12.8 Å². The average molecular weight is 246 g/mol. The molecular formula is C13H18N4O. The van der Waals surface area contributed by atoms with Gasteiger partial charge >= 0.3 is 6.03 Å². The Bertz CT molecular complexity index is 428. The Morgan fingerprint density at radius 3 is 2.83 bits per heavy atom. The lowest BCUT2D eigenvalue weighted by atomic mass is 9.81. The molecular weight excluding hydrogens is 228 g/mol. The summed E-state index contributed by atoms with van der Waals surface area (Å²) in [4.78, 5) is 22.3. The van der Waals surface area contributed by atoms with Crippen LogP contribution in [-0.4, -0.2) is 33.0 Å². The highest BCUT2D eigenvalue weighted by Crippen LogP contribution is 2.36. The number of urea groups is 1. The van der Waals surface area contributed by atoms with Crippen molar-refractivity contribution in [2.24, 2.45) is 0 Å². The highest BCUT2D eigenvalue weighted by molar-refractivity contribution is 5.77. The minimum absolute atomic E-state index is 0.0207. The molecule has 1 saturated carbocycles. The van der Waals surface area contributed by atoms with Crippen LogP contribution in [0.4, 0.5) is 4.79 Å². The van der Waals surface area contributed by atoms with Crippen LogP contribution in [0.1, 0.15) is 37.8 Å². The Balaban J connectivity index is 1.81. The quantitative estimate of drug-likeness (QED) is 0.864. The fourth-order valence-electron chi connectivity index (χ4n) is 3.12. The van der Waals surface area contributed by atoms with E-state index in [9.17, 15) is 4.79 Å². The minimum Gasteiger partial charge on any atom is -0.336 e. The zero-order chi connectivity index (χ0) is 12.4. The fourth-order valence-corrected chi connectivity index (χ4v) is 3.12. The van der Waals surface area contributed by atoms with Gasteiger partial charge in [0.2, 0.25) is 0 Å². The zero-order valence-electron chi connectivity index (χ0n) is 10.4. The maximum Gasteiger partial charge on any atom is 0.318 e. The summed E-state index contributed by atoms with van der Waals surface area (Å²) in [6, 6.07) is 0.0440. The second-order valence-electron chi connectivity index (χ2n) is 5.23. The molecule has 1 N–H and O–H groups in total. The molecule has 3 rings (SSSR count). The smallest absolute Gasteiger partial charge is 0.318 e. The molecule has 1 aliphatic heterocycles. The van der Waals surface area contributed by atoms with Crippen LogP contribution < -0.4 is 5.32 Å². The first-order chi connectivity index (χ1) is 8.80. The molecule has 1 spiro atoms. The number of hydrogen-bond donors (Lipinski definition) is 1. The molecule has 5 heteroatoms. The monoisotopic (exact) mass is 246 g/mol. The topological polar surface area (TPSA) is 58.1 Å². The third-order valence-electron chi connectivity index (χ3n) is 4.11. The van der Waals surface area contributed by atoms with Gasteiger partial charge in [-0.3, -0.25) is 9.97 Å². The van der Waals surface area contributed by atoms with Gasteiger partial charge in [0.25, 0.3) is 0 Å². The normalized spacial score (nSPS) is 22.2. The van der Waals surface area contributed by atoms with E-state index in [-0.39, 0.29) is 11.6 Å². The highest BCUT2D eigenvalue weighted by Gasteiger charge is 2.45. The van der Waals surface area contributed by atoms with E-state index >= 15 is 0 Å². The zero-order valence-corrected chi connectivity index (χ0v) is 10.4. The molecule has 2 heterocycles. The van der Waals surface area contributed by atoms with Crippen molar-refractivity contribution in [3.05, 3.63) is 24.3 Å². The van der Waals surface area contributed by atoms with Crippen LogP contribution in [0.25, 0.3) is 0 Å². The number of rotatable bonds is 2. The third-order valence-corrected chi connectivity index (χ3v) is 4.11. The number of aromatic nitrogens is 2. The molecule has 0 radical (unpaired) electrons. The summed E-state index contributed by atoms with van der Waals surface area (Å²) in [5, 5.41) is 2.99. The van der Waals surface area contributed by atoms with Crippen LogP contribution >= 0.6 is 0 Å². The molecule has 1 aromatic rings. The number of carbonyl (C=O) groups excluding carboxylic acids is 1. The van der Waals surface area contributed by atoms with Gasteiger partial charge in [0.1, 0.15) is 0 Å². The minimum atomic E-state index is 0.0207. The van der Waals surface area contributed by atoms with Crippen LogP contribution in [0, 0.1) is 0 Å². The van der Waals surface area contributed by atoms with Gasteiger partial charge in [0.05, 0.1) is 24.0 Å². The van der Waals surface area contributed by atoms with E-state index in [0.717, 1.165) is 25.1 Å². The number of nitrogens with one attached hydrogen (secondary N) is 1. The summed E-state index contributed by atoms with van der Waals surface area (Å²) in [6.45, 7) is 1.35.